The summed E-state index contributed by atoms with van der Waals surface area (Å²) >= 11 is 0. The van der Waals surface area contributed by atoms with Crippen LogP contribution in [-0.2, 0) is 9.53 Å². The molecule has 2 rings (SSSR count). The van der Waals surface area contributed by atoms with Gasteiger partial charge >= 0.3 is 0 Å². The third kappa shape index (κ3) is 2.50. The molecule has 1 aliphatic rings. The van der Waals surface area contributed by atoms with Crippen molar-refractivity contribution in [2.75, 3.05) is 32.4 Å². The molecule has 17 heavy (non-hydrogen) atoms. The molecule has 0 aromatic heterocycles. The minimum absolute atomic E-state index is 0.00247. The zero-order chi connectivity index (χ0) is 12.3. The van der Waals surface area contributed by atoms with Crippen LogP contribution in [0, 0.1) is 5.92 Å². The second-order valence-electron chi connectivity index (χ2n) is 3.94. The van der Waals surface area contributed by atoms with Crippen molar-refractivity contribution in [3.05, 3.63) is 24.3 Å². The molecule has 0 spiro atoms. The molecule has 1 heterocycles. The first kappa shape index (κ1) is 11.7. The topological polar surface area (TPSA) is 50.8 Å². The van der Waals surface area contributed by atoms with Gasteiger partial charge in [0.15, 0.2) is 0 Å². The van der Waals surface area contributed by atoms with Gasteiger partial charge in [-0.25, -0.2) is 0 Å². The average molecular weight is 236 g/mol. The normalized spacial score (nSPS) is 19.3. The first-order valence-electron chi connectivity index (χ1n) is 5.45. The molecule has 0 bridgehead atoms. The average Bonchev–Trinajstić information content (AvgIpc) is 2.72. The summed E-state index contributed by atoms with van der Waals surface area (Å²) in [6.45, 7) is 1.07. The number of rotatable bonds is 4. The molecule has 1 saturated heterocycles. The molecule has 92 valence electrons. The summed E-state index contributed by atoms with van der Waals surface area (Å²) in [7, 11) is 3.23. The van der Waals surface area contributed by atoms with E-state index in [0.717, 1.165) is 11.4 Å². The number of amides is 1. The zero-order valence-electron chi connectivity index (χ0n) is 9.97. The van der Waals surface area contributed by atoms with Crippen molar-refractivity contribution < 1.29 is 14.3 Å². The molecule has 1 aromatic rings. The van der Waals surface area contributed by atoms with Crippen LogP contribution >= 0.6 is 0 Å². The zero-order valence-corrected chi connectivity index (χ0v) is 9.97. The monoisotopic (exact) mass is 236 g/mol. The summed E-state index contributed by atoms with van der Waals surface area (Å²) in [5.41, 5.74) is 3.76. The largest absolute Gasteiger partial charge is 0.497 e. The highest BCUT2D eigenvalue weighted by Gasteiger charge is 2.30. The molecule has 1 amide bonds. The maximum absolute atomic E-state index is 11.6. The van der Waals surface area contributed by atoms with Gasteiger partial charge in [0, 0.05) is 7.11 Å². The number of hydrazine groups is 1. The van der Waals surface area contributed by atoms with Gasteiger partial charge in [0.1, 0.15) is 5.75 Å². The Bertz CT molecular complexity index is 391. The van der Waals surface area contributed by atoms with Gasteiger partial charge < -0.3 is 9.47 Å². The molecule has 5 nitrogen and oxygen atoms in total. The lowest BCUT2D eigenvalue weighted by molar-refractivity contribution is -0.123. The maximum atomic E-state index is 11.6. The summed E-state index contributed by atoms with van der Waals surface area (Å²) < 4.78 is 10.1. The van der Waals surface area contributed by atoms with E-state index in [0.29, 0.717) is 13.2 Å². The summed E-state index contributed by atoms with van der Waals surface area (Å²) in [4.78, 5) is 11.6. The van der Waals surface area contributed by atoms with E-state index in [1.54, 1.807) is 14.2 Å². The fourth-order valence-electron chi connectivity index (χ4n) is 1.83. The Labute approximate surface area is 100 Å². The number of anilines is 1. The number of ether oxygens (including phenoxy) is 2. The Balaban J connectivity index is 2.06. The van der Waals surface area contributed by atoms with Gasteiger partial charge in [-0.05, 0) is 24.3 Å². The molecule has 1 fully saturated rings. The number of nitrogens with one attached hydrogen (secondary N) is 1. The summed E-state index contributed by atoms with van der Waals surface area (Å²) in [6, 6.07) is 7.55. The predicted molar refractivity (Wildman–Crippen MR) is 63.8 cm³/mol. The lowest BCUT2D eigenvalue weighted by atomic mass is 10.1. The minimum atomic E-state index is -0.109. The summed E-state index contributed by atoms with van der Waals surface area (Å²) in [5, 5.41) is 1.82. The van der Waals surface area contributed by atoms with E-state index in [4.69, 9.17) is 9.47 Å². The quantitative estimate of drug-likeness (QED) is 0.840. The number of carbonyl (C=O) groups excluding carboxylic acids is 1. The van der Waals surface area contributed by atoms with Gasteiger partial charge in [0.25, 0.3) is 0 Å². The Kier molecular flexibility index (Phi) is 3.49. The molecule has 1 unspecified atom stereocenters. The molecule has 1 N–H and O–H groups in total. The number of methoxy groups -OCH3 is 2. The van der Waals surface area contributed by atoms with Crippen LogP contribution in [0.1, 0.15) is 0 Å². The number of benzene rings is 1. The van der Waals surface area contributed by atoms with E-state index < -0.39 is 0 Å². The number of carbonyl (C=O) groups is 1. The number of hydrogen-bond donors (Lipinski definition) is 1. The van der Waals surface area contributed by atoms with Crippen LogP contribution in [0.4, 0.5) is 5.69 Å². The van der Waals surface area contributed by atoms with Gasteiger partial charge in [-0.3, -0.25) is 15.2 Å². The van der Waals surface area contributed by atoms with Crippen LogP contribution in [0.2, 0.25) is 0 Å². The Morgan fingerprint density at radius 1 is 1.35 bits per heavy atom. The standard InChI is InChI=1S/C12H16N2O3/c1-16-8-9-7-14(13-12(9)15)10-3-5-11(17-2)6-4-10/h3-6,9H,7-8H2,1-2H3,(H,13,15). The second-order valence-corrected chi connectivity index (χ2v) is 3.94. The van der Waals surface area contributed by atoms with Gasteiger partial charge in [0.2, 0.25) is 5.91 Å². The highest BCUT2D eigenvalue weighted by atomic mass is 16.5. The van der Waals surface area contributed by atoms with Gasteiger partial charge in [-0.2, -0.15) is 0 Å². The predicted octanol–water partition coefficient (Wildman–Crippen LogP) is 0.809. The molecule has 1 aromatic carbocycles. The molecule has 0 aliphatic carbocycles. The van der Waals surface area contributed by atoms with Crippen molar-refractivity contribution in [3.63, 3.8) is 0 Å². The second kappa shape index (κ2) is 5.05. The third-order valence-electron chi connectivity index (χ3n) is 2.77. The van der Waals surface area contributed by atoms with Crippen molar-refractivity contribution in [2.24, 2.45) is 5.92 Å². The molecular formula is C12H16N2O3. The molecule has 5 heteroatoms. The number of nitrogens with zero attached hydrogens (tertiary/aromatic N) is 1. The van der Waals surface area contributed by atoms with Crippen molar-refractivity contribution in [1.82, 2.24) is 5.43 Å². The van der Waals surface area contributed by atoms with Crippen LogP contribution in [0.15, 0.2) is 24.3 Å². The van der Waals surface area contributed by atoms with E-state index in [2.05, 4.69) is 5.43 Å². The highest BCUT2D eigenvalue weighted by Crippen LogP contribution is 2.21. The molecule has 1 aliphatic heterocycles. The summed E-state index contributed by atoms with van der Waals surface area (Å²) in [5.74, 6) is 0.692. The van der Waals surface area contributed by atoms with Crippen molar-refractivity contribution in [1.29, 1.82) is 0 Å². The van der Waals surface area contributed by atoms with Crippen LogP contribution in [0.25, 0.3) is 0 Å². The van der Waals surface area contributed by atoms with Gasteiger partial charge in [-0.1, -0.05) is 0 Å². The smallest absolute Gasteiger partial charge is 0.245 e. The van der Waals surface area contributed by atoms with E-state index in [1.807, 2.05) is 29.3 Å². The molecule has 1 atom stereocenters. The maximum Gasteiger partial charge on any atom is 0.245 e. The number of hydrogen-bond acceptors (Lipinski definition) is 4. The van der Waals surface area contributed by atoms with Gasteiger partial charge in [0.05, 0.1) is 31.9 Å². The first-order valence-corrected chi connectivity index (χ1v) is 5.45. The SMILES string of the molecule is COCC1CN(c2ccc(OC)cc2)NC1=O. The van der Waals surface area contributed by atoms with Crippen molar-refractivity contribution in [2.45, 2.75) is 0 Å². The molecule has 0 saturated carbocycles. The summed E-state index contributed by atoms with van der Waals surface area (Å²) in [6.07, 6.45) is 0. The third-order valence-corrected chi connectivity index (χ3v) is 2.77. The molecular weight excluding hydrogens is 220 g/mol. The molecule has 0 radical (unpaired) electrons. The van der Waals surface area contributed by atoms with Crippen LogP contribution in [-0.4, -0.2) is 33.3 Å². The van der Waals surface area contributed by atoms with Gasteiger partial charge in [-0.15, -0.1) is 0 Å². The van der Waals surface area contributed by atoms with Crippen LogP contribution in [0.5, 0.6) is 5.75 Å². The fraction of sp³-hybridized carbons (Fsp3) is 0.417. The van der Waals surface area contributed by atoms with E-state index in [9.17, 15) is 4.79 Å². The van der Waals surface area contributed by atoms with E-state index >= 15 is 0 Å². The lowest BCUT2D eigenvalue weighted by Crippen LogP contribution is -2.32. The Morgan fingerprint density at radius 2 is 2.06 bits per heavy atom. The van der Waals surface area contributed by atoms with E-state index in [1.165, 1.54) is 0 Å². The fourth-order valence-corrected chi connectivity index (χ4v) is 1.83. The lowest BCUT2D eigenvalue weighted by Gasteiger charge is -2.17. The van der Waals surface area contributed by atoms with Crippen molar-refractivity contribution in [3.8, 4) is 5.75 Å². The van der Waals surface area contributed by atoms with Crippen LogP contribution < -0.4 is 15.2 Å². The minimum Gasteiger partial charge on any atom is -0.497 e. The van der Waals surface area contributed by atoms with E-state index in [-0.39, 0.29) is 11.8 Å². The Hall–Kier alpha value is -1.75. The van der Waals surface area contributed by atoms with Crippen molar-refractivity contribution >= 4 is 11.6 Å². The van der Waals surface area contributed by atoms with Crippen LogP contribution in [0.3, 0.4) is 0 Å². The highest BCUT2D eigenvalue weighted by molar-refractivity contribution is 5.84. The first-order chi connectivity index (χ1) is 8.24. The Morgan fingerprint density at radius 3 is 2.65 bits per heavy atom.